The smallest absolute Gasteiger partial charge is 0.132 e. The quantitative estimate of drug-likeness (QED) is 0.670. The summed E-state index contributed by atoms with van der Waals surface area (Å²) in [4.78, 5) is 8.87. The summed E-state index contributed by atoms with van der Waals surface area (Å²) in [6.45, 7) is 4.14. The molecule has 0 aliphatic carbocycles. The number of anilines is 1. The number of benzene rings is 1. The molecule has 112 valence electrons. The molecule has 0 bridgehead atoms. The van der Waals surface area contributed by atoms with Gasteiger partial charge in [0.05, 0.1) is 6.04 Å². The molecule has 0 amide bonds. The summed E-state index contributed by atoms with van der Waals surface area (Å²) in [5.41, 5.74) is 0.979. The first kappa shape index (κ1) is 16.5. The fourth-order valence-corrected chi connectivity index (χ4v) is 3.02. The third-order valence-corrected chi connectivity index (χ3v) is 3.98. The van der Waals surface area contributed by atoms with E-state index in [9.17, 15) is 0 Å². The highest BCUT2D eigenvalue weighted by molar-refractivity contribution is 9.10. The van der Waals surface area contributed by atoms with Gasteiger partial charge in [-0.2, -0.15) is 0 Å². The Morgan fingerprint density at radius 1 is 1.24 bits per heavy atom. The molecule has 1 aromatic carbocycles. The van der Waals surface area contributed by atoms with E-state index in [-0.39, 0.29) is 6.04 Å². The average molecular weight is 389 g/mol. The number of hydrogen-bond acceptors (Lipinski definition) is 3. The second kappa shape index (κ2) is 7.43. The lowest BCUT2D eigenvalue weighted by molar-refractivity contribution is 0.814. The largest absolute Gasteiger partial charge is 0.363 e. The van der Waals surface area contributed by atoms with Crippen molar-refractivity contribution in [2.45, 2.75) is 32.7 Å². The molecule has 1 heterocycles. The standard InChI is InChI=1S/C15H16BrCl2N3/c1-3-4-14-20-13(16)8-15(21-14)19-9(2)11-6-5-10(17)7-12(11)18/h5-9H,3-4H2,1-2H3,(H,19,20,21). The Hall–Kier alpha value is -0.840. The second-order valence-corrected chi connectivity index (χ2v) is 6.43. The summed E-state index contributed by atoms with van der Waals surface area (Å²) in [5, 5.41) is 4.62. The first-order valence-corrected chi connectivity index (χ1v) is 8.29. The number of rotatable bonds is 5. The van der Waals surface area contributed by atoms with Gasteiger partial charge in [-0.15, -0.1) is 0 Å². The van der Waals surface area contributed by atoms with Gasteiger partial charge in [0.15, 0.2) is 0 Å². The van der Waals surface area contributed by atoms with Crippen LogP contribution in [0.1, 0.15) is 37.7 Å². The van der Waals surface area contributed by atoms with Crippen LogP contribution in [0.3, 0.4) is 0 Å². The average Bonchev–Trinajstić information content (AvgIpc) is 2.37. The number of nitrogens with zero attached hydrogens (tertiary/aromatic N) is 2. The maximum Gasteiger partial charge on any atom is 0.132 e. The van der Waals surface area contributed by atoms with Crippen molar-refractivity contribution in [1.29, 1.82) is 0 Å². The van der Waals surface area contributed by atoms with Gasteiger partial charge in [-0.05, 0) is 47.0 Å². The summed E-state index contributed by atoms with van der Waals surface area (Å²) in [7, 11) is 0. The van der Waals surface area contributed by atoms with E-state index in [0.29, 0.717) is 10.0 Å². The predicted octanol–water partition coefficient (Wildman–Crippen LogP) is 5.67. The summed E-state index contributed by atoms with van der Waals surface area (Å²) >= 11 is 15.6. The molecule has 1 N–H and O–H groups in total. The highest BCUT2D eigenvalue weighted by Crippen LogP contribution is 2.28. The molecule has 21 heavy (non-hydrogen) atoms. The number of nitrogens with one attached hydrogen (secondary N) is 1. The summed E-state index contributed by atoms with van der Waals surface area (Å²) < 4.78 is 0.776. The maximum absolute atomic E-state index is 6.24. The van der Waals surface area contributed by atoms with Crippen molar-refractivity contribution in [3.05, 3.63) is 50.3 Å². The van der Waals surface area contributed by atoms with Crippen LogP contribution in [0.4, 0.5) is 5.82 Å². The highest BCUT2D eigenvalue weighted by Gasteiger charge is 2.12. The molecular formula is C15H16BrCl2N3. The van der Waals surface area contributed by atoms with E-state index in [1.165, 1.54) is 0 Å². The van der Waals surface area contributed by atoms with Crippen LogP contribution in [0.5, 0.6) is 0 Å². The van der Waals surface area contributed by atoms with Crippen molar-refractivity contribution in [2.24, 2.45) is 0 Å². The van der Waals surface area contributed by atoms with Gasteiger partial charge in [-0.3, -0.25) is 0 Å². The molecular weight excluding hydrogens is 373 g/mol. The lowest BCUT2D eigenvalue weighted by Crippen LogP contribution is -2.10. The Labute approximate surface area is 143 Å². The molecule has 0 radical (unpaired) electrons. The Morgan fingerprint density at radius 2 is 2.00 bits per heavy atom. The van der Waals surface area contributed by atoms with E-state index in [0.717, 1.165) is 34.7 Å². The van der Waals surface area contributed by atoms with Crippen LogP contribution >= 0.6 is 39.1 Å². The van der Waals surface area contributed by atoms with E-state index in [2.05, 4.69) is 38.1 Å². The van der Waals surface area contributed by atoms with Crippen molar-refractivity contribution in [3.8, 4) is 0 Å². The minimum Gasteiger partial charge on any atom is -0.363 e. The van der Waals surface area contributed by atoms with Crippen LogP contribution < -0.4 is 5.32 Å². The van der Waals surface area contributed by atoms with Crippen molar-refractivity contribution in [1.82, 2.24) is 9.97 Å². The zero-order chi connectivity index (χ0) is 15.4. The van der Waals surface area contributed by atoms with Crippen LogP contribution in [0, 0.1) is 0 Å². The molecule has 0 aliphatic rings. The minimum absolute atomic E-state index is 0.0195. The Morgan fingerprint density at radius 3 is 2.67 bits per heavy atom. The molecule has 0 aliphatic heterocycles. The zero-order valence-corrected chi connectivity index (χ0v) is 14.9. The third kappa shape index (κ3) is 4.56. The minimum atomic E-state index is 0.0195. The molecule has 0 saturated heterocycles. The third-order valence-electron chi connectivity index (χ3n) is 3.01. The van der Waals surface area contributed by atoms with E-state index in [1.807, 2.05) is 25.1 Å². The number of hydrogen-bond donors (Lipinski definition) is 1. The fourth-order valence-electron chi connectivity index (χ4n) is 2.03. The van der Waals surface area contributed by atoms with Crippen molar-refractivity contribution >= 4 is 44.9 Å². The van der Waals surface area contributed by atoms with Gasteiger partial charge < -0.3 is 5.32 Å². The van der Waals surface area contributed by atoms with E-state index >= 15 is 0 Å². The van der Waals surface area contributed by atoms with Gasteiger partial charge in [-0.25, -0.2) is 9.97 Å². The summed E-state index contributed by atoms with van der Waals surface area (Å²) in [5.74, 6) is 1.60. The van der Waals surface area contributed by atoms with Crippen molar-refractivity contribution in [3.63, 3.8) is 0 Å². The van der Waals surface area contributed by atoms with E-state index < -0.39 is 0 Å². The van der Waals surface area contributed by atoms with Gasteiger partial charge in [-0.1, -0.05) is 36.2 Å². The van der Waals surface area contributed by atoms with E-state index in [1.54, 1.807) is 6.07 Å². The Kier molecular flexibility index (Phi) is 5.85. The van der Waals surface area contributed by atoms with Gasteiger partial charge in [0.2, 0.25) is 0 Å². The SMILES string of the molecule is CCCc1nc(Br)cc(NC(C)c2ccc(Cl)cc2Cl)n1. The van der Waals surface area contributed by atoms with Crippen molar-refractivity contribution < 1.29 is 0 Å². The molecule has 6 heteroatoms. The molecule has 0 saturated carbocycles. The van der Waals surface area contributed by atoms with E-state index in [4.69, 9.17) is 23.2 Å². The normalized spacial score (nSPS) is 12.2. The molecule has 0 fully saturated rings. The second-order valence-electron chi connectivity index (χ2n) is 4.77. The van der Waals surface area contributed by atoms with Crippen LogP contribution in [-0.4, -0.2) is 9.97 Å². The van der Waals surface area contributed by atoms with Gasteiger partial charge >= 0.3 is 0 Å². The molecule has 2 aromatic rings. The molecule has 0 spiro atoms. The molecule has 2 rings (SSSR count). The van der Waals surface area contributed by atoms with Crippen LogP contribution in [0.2, 0.25) is 10.0 Å². The first-order chi connectivity index (χ1) is 9.99. The molecule has 1 unspecified atom stereocenters. The predicted molar refractivity (Wildman–Crippen MR) is 92.2 cm³/mol. The van der Waals surface area contributed by atoms with Crippen LogP contribution in [0.25, 0.3) is 0 Å². The lowest BCUT2D eigenvalue weighted by atomic mass is 10.1. The lowest BCUT2D eigenvalue weighted by Gasteiger charge is -2.17. The maximum atomic E-state index is 6.24. The van der Waals surface area contributed by atoms with Gasteiger partial charge in [0.1, 0.15) is 16.2 Å². The van der Waals surface area contributed by atoms with Crippen molar-refractivity contribution in [2.75, 3.05) is 5.32 Å². The number of halogens is 3. The topological polar surface area (TPSA) is 37.8 Å². The Balaban J connectivity index is 2.20. The Bertz CT molecular complexity index is 634. The molecule has 3 nitrogen and oxygen atoms in total. The molecule has 1 aromatic heterocycles. The number of aromatic nitrogens is 2. The highest BCUT2D eigenvalue weighted by atomic mass is 79.9. The van der Waals surface area contributed by atoms with Crippen LogP contribution in [0.15, 0.2) is 28.9 Å². The monoisotopic (exact) mass is 387 g/mol. The van der Waals surface area contributed by atoms with Gasteiger partial charge in [0, 0.05) is 22.5 Å². The first-order valence-electron chi connectivity index (χ1n) is 6.74. The zero-order valence-electron chi connectivity index (χ0n) is 11.8. The summed E-state index contributed by atoms with van der Waals surface area (Å²) in [6, 6.07) is 7.38. The van der Waals surface area contributed by atoms with Crippen LogP contribution in [-0.2, 0) is 6.42 Å². The summed E-state index contributed by atoms with van der Waals surface area (Å²) in [6.07, 6.45) is 1.86. The number of aryl methyl sites for hydroxylation is 1. The molecule has 1 atom stereocenters. The fraction of sp³-hybridized carbons (Fsp3) is 0.333. The van der Waals surface area contributed by atoms with Gasteiger partial charge in [0.25, 0.3) is 0 Å².